The number of hydrogen-bond acceptors (Lipinski definition) is 8. The molecule has 0 radical (unpaired) electrons. The van der Waals surface area contributed by atoms with E-state index in [1.54, 1.807) is 0 Å². The topological polar surface area (TPSA) is 120 Å². The van der Waals surface area contributed by atoms with Crippen LogP contribution in [0.4, 0.5) is 61.9 Å². The molecule has 5 rings (SSSR count). The van der Waals surface area contributed by atoms with E-state index in [2.05, 4.69) is 15.1 Å². The maximum Gasteiger partial charge on any atom is 0.418 e. The smallest absolute Gasteiger partial charge is 0.418 e. The second kappa shape index (κ2) is 13.6. The zero-order chi connectivity index (χ0) is 39.9. The number of carbonyl (C=O) groups excluding carboxylic acids is 2. The number of thioether (sulfide) groups is 1. The highest BCUT2D eigenvalue weighted by Crippen LogP contribution is 3.02. The Balaban J connectivity index is 1.42. The standard InChI is InChI=1S/C30H23F11N6O5S2/c1-50-23-10-17(12-52-14-29(31,32)33)22(11-24(23)51-2)47-25(48)13-53-28(47)44-27(49)43-21-8-3-16(9-20(21)30(34,35)36)26-42-15-46(45-26)18-4-6-19(7-5-18)54(37,38,39,40)41/h3-11,15H,12-14H2,1-2H3,(H,43,49)/b44-28-. The van der Waals surface area contributed by atoms with Gasteiger partial charge in [0.2, 0.25) is 5.91 Å². The molecule has 54 heavy (non-hydrogen) atoms. The Morgan fingerprint density at radius 3 is 2.19 bits per heavy atom. The van der Waals surface area contributed by atoms with Crippen LogP contribution in [0, 0.1) is 0 Å². The summed E-state index contributed by atoms with van der Waals surface area (Å²) in [5.74, 6) is -1.29. The molecule has 0 unspecified atom stereocenters. The normalized spacial score (nSPS) is 16.0. The number of amidine groups is 1. The molecular weight excluding hydrogens is 797 g/mol. The van der Waals surface area contributed by atoms with Crippen molar-refractivity contribution in [2.45, 2.75) is 23.9 Å². The van der Waals surface area contributed by atoms with E-state index in [0.29, 0.717) is 30.0 Å². The van der Waals surface area contributed by atoms with Gasteiger partial charge in [-0.2, -0.15) is 31.3 Å². The molecule has 0 aliphatic carbocycles. The summed E-state index contributed by atoms with van der Waals surface area (Å²) in [6.45, 7) is -2.34. The molecule has 11 nitrogen and oxygen atoms in total. The zero-order valence-corrected chi connectivity index (χ0v) is 28.8. The molecule has 0 spiro atoms. The number of benzene rings is 3. The summed E-state index contributed by atoms with van der Waals surface area (Å²) in [5.41, 5.74) is -2.80. The number of rotatable bonds is 10. The maximum atomic E-state index is 14.2. The van der Waals surface area contributed by atoms with E-state index in [0.717, 1.165) is 28.0 Å². The molecule has 1 fully saturated rings. The Kier molecular flexibility index (Phi) is 10.1. The number of carbonyl (C=O) groups is 2. The molecule has 4 aromatic rings. The number of methoxy groups -OCH3 is 2. The van der Waals surface area contributed by atoms with E-state index in [-0.39, 0.29) is 62.9 Å². The number of nitrogens with one attached hydrogen (secondary N) is 1. The minimum absolute atomic E-state index is 0.0205. The lowest BCUT2D eigenvalue weighted by molar-refractivity contribution is -0.176. The van der Waals surface area contributed by atoms with Crippen molar-refractivity contribution in [3.8, 4) is 28.6 Å². The van der Waals surface area contributed by atoms with Gasteiger partial charge in [-0.15, -0.1) is 5.10 Å². The SMILES string of the molecule is COc1cc(COCC(F)(F)F)c(N2C(=O)CS/C2=N\C(=O)Nc2ccc(-c3ncn(-c4ccc(S(F)(F)(F)(F)F)cc4)n3)cc2C(F)(F)F)cc1OC. The van der Waals surface area contributed by atoms with Crippen LogP contribution in [-0.2, 0) is 22.3 Å². The summed E-state index contributed by atoms with van der Waals surface area (Å²) in [5, 5.41) is 5.54. The van der Waals surface area contributed by atoms with Crippen molar-refractivity contribution in [3.63, 3.8) is 0 Å². The lowest BCUT2D eigenvalue weighted by Crippen LogP contribution is -2.31. The number of aliphatic imine (C=N–C) groups is 1. The van der Waals surface area contributed by atoms with Gasteiger partial charge in [-0.1, -0.05) is 31.2 Å². The first-order valence-corrected chi connectivity index (χ1v) is 17.5. The fourth-order valence-corrected chi connectivity index (χ4v) is 6.33. The minimum atomic E-state index is -9.97. The summed E-state index contributed by atoms with van der Waals surface area (Å²) in [4.78, 5) is 32.2. The first-order valence-electron chi connectivity index (χ1n) is 14.6. The quantitative estimate of drug-likeness (QED) is 0.157. The van der Waals surface area contributed by atoms with Crippen LogP contribution in [0.2, 0.25) is 0 Å². The molecule has 0 bridgehead atoms. The predicted molar refractivity (Wildman–Crippen MR) is 175 cm³/mol. The molecule has 1 saturated heterocycles. The van der Waals surface area contributed by atoms with Crippen LogP contribution in [0.5, 0.6) is 11.5 Å². The minimum Gasteiger partial charge on any atom is -0.493 e. The molecular formula is C30H23F11N6O5S2. The van der Waals surface area contributed by atoms with Gasteiger partial charge in [-0.25, -0.2) is 14.5 Å². The van der Waals surface area contributed by atoms with Crippen LogP contribution in [0.25, 0.3) is 17.1 Å². The van der Waals surface area contributed by atoms with Gasteiger partial charge in [0.05, 0.1) is 49.2 Å². The van der Waals surface area contributed by atoms with Crippen molar-refractivity contribution in [3.05, 3.63) is 72.1 Å². The van der Waals surface area contributed by atoms with Crippen LogP contribution in [0.1, 0.15) is 11.1 Å². The molecule has 1 aliphatic heterocycles. The Morgan fingerprint density at radius 2 is 1.59 bits per heavy atom. The second-order valence-corrected chi connectivity index (χ2v) is 14.4. The fourth-order valence-electron chi connectivity index (χ4n) is 4.83. The Labute approximate surface area is 300 Å². The highest BCUT2D eigenvalue weighted by Gasteiger charge is 2.65. The van der Waals surface area contributed by atoms with Crippen molar-refractivity contribution in [2.24, 2.45) is 4.99 Å². The van der Waals surface area contributed by atoms with E-state index in [1.165, 1.54) is 26.4 Å². The number of anilines is 2. The first-order chi connectivity index (χ1) is 24.9. The lowest BCUT2D eigenvalue weighted by Gasteiger charge is -2.40. The Hall–Kier alpha value is -5.10. The summed E-state index contributed by atoms with van der Waals surface area (Å²) in [6.07, 6.45) is -8.88. The van der Waals surface area contributed by atoms with Crippen LogP contribution >= 0.6 is 22.0 Å². The average Bonchev–Trinajstić information content (AvgIpc) is 3.69. The third-order valence-electron chi connectivity index (χ3n) is 7.17. The van der Waals surface area contributed by atoms with Gasteiger partial charge >= 0.3 is 28.6 Å². The number of urea groups is 1. The molecule has 24 heteroatoms. The van der Waals surface area contributed by atoms with E-state index in [1.807, 2.05) is 5.32 Å². The molecule has 292 valence electrons. The molecule has 1 aromatic heterocycles. The van der Waals surface area contributed by atoms with E-state index < -0.39 is 63.9 Å². The highest BCUT2D eigenvalue weighted by atomic mass is 32.5. The van der Waals surface area contributed by atoms with Gasteiger partial charge in [-0.3, -0.25) is 9.69 Å². The number of nitrogens with zero attached hydrogens (tertiary/aromatic N) is 5. The number of amides is 3. The average molecular weight is 821 g/mol. The number of aromatic nitrogens is 3. The number of ether oxygens (including phenoxy) is 3. The Morgan fingerprint density at radius 1 is 0.944 bits per heavy atom. The molecule has 1 N–H and O–H groups in total. The van der Waals surface area contributed by atoms with E-state index in [9.17, 15) is 55.4 Å². The van der Waals surface area contributed by atoms with Crippen molar-refractivity contribution in [1.82, 2.24) is 14.8 Å². The Bertz CT molecular complexity index is 2130. The second-order valence-electron chi connectivity index (χ2n) is 11.0. The van der Waals surface area contributed by atoms with E-state index >= 15 is 0 Å². The molecule has 1 aliphatic rings. The number of halogens is 11. The van der Waals surface area contributed by atoms with Crippen molar-refractivity contribution in [1.29, 1.82) is 0 Å². The van der Waals surface area contributed by atoms with Gasteiger partial charge in [0, 0.05) is 17.2 Å². The number of hydrogen-bond donors (Lipinski definition) is 1. The van der Waals surface area contributed by atoms with Crippen molar-refractivity contribution < 1.29 is 69.6 Å². The van der Waals surface area contributed by atoms with Gasteiger partial charge in [0.15, 0.2) is 22.5 Å². The third-order valence-corrected chi connectivity index (χ3v) is 9.26. The van der Waals surface area contributed by atoms with Crippen LogP contribution in [-0.4, -0.2) is 64.6 Å². The van der Waals surface area contributed by atoms with Gasteiger partial charge in [0.25, 0.3) is 0 Å². The van der Waals surface area contributed by atoms with Gasteiger partial charge in [-0.05, 0) is 48.5 Å². The third kappa shape index (κ3) is 9.33. The van der Waals surface area contributed by atoms with Crippen LogP contribution in [0.15, 0.2) is 70.8 Å². The fraction of sp³-hybridized carbons (Fsp3) is 0.233. The summed E-state index contributed by atoms with van der Waals surface area (Å²) in [7, 11) is -7.48. The summed E-state index contributed by atoms with van der Waals surface area (Å²) < 4.78 is 162. The first kappa shape index (κ1) is 40.1. The van der Waals surface area contributed by atoms with Crippen LogP contribution in [0.3, 0.4) is 0 Å². The molecule has 0 atom stereocenters. The summed E-state index contributed by atoms with van der Waals surface area (Å²) >= 11 is 0.704. The van der Waals surface area contributed by atoms with E-state index in [4.69, 9.17) is 14.2 Å². The molecule has 2 heterocycles. The number of alkyl halides is 6. The highest BCUT2D eigenvalue weighted by molar-refractivity contribution is 8.45. The van der Waals surface area contributed by atoms with Crippen LogP contribution < -0.4 is 19.7 Å². The molecule has 3 aromatic carbocycles. The monoisotopic (exact) mass is 820 g/mol. The lowest BCUT2D eigenvalue weighted by atomic mass is 10.1. The largest absolute Gasteiger partial charge is 0.493 e. The maximum absolute atomic E-state index is 14.2. The summed E-state index contributed by atoms with van der Waals surface area (Å²) in [6, 6.07) is 5.09. The zero-order valence-electron chi connectivity index (χ0n) is 27.1. The van der Waals surface area contributed by atoms with Crippen molar-refractivity contribution >= 4 is 50.5 Å². The predicted octanol–water partition coefficient (Wildman–Crippen LogP) is 9.37. The van der Waals surface area contributed by atoms with Gasteiger partial charge in [0.1, 0.15) is 17.8 Å². The van der Waals surface area contributed by atoms with Crippen molar-refractivity contribution in [2.75, 3.05) is 36.8 Å². The molecule has 0 saturated carbocycles. The van der Waals surface area contributed by atoms with Gasteiger partial charge < -0.3 is 19.5 Å². The molecule has 3 amide bonds.